The van der Waals surface area contributed by atoms with E-state index in [4.69, 9.17) is 14.2 Å². The van der Waals surface area contributed by atoms with Gasteiger partial charge in [-0.25, -0.2) is 0 Å². The maximum atomic E-state index is 13.0. The van der Waals surface area contributed by atoms with Crippen molar-refractivity contribution in [2.45, 2.75) is 24.9 Å². The summed E-state index contributed by atoms with van der Waals surface area (Å²) in [4.78, 5) is 13.0. The Hall–Kier alpha value is -3.82. The highest BCUT2D eigenvalue weighted by molar-refractivity contribution is 5.94. The van der Waals surface area contributed by atoms with Gasteiger partial charge in [0.05, 0.1) is 18.7 Å². The number of ether oxygens (including phenoxy) is 3. The van der Waals surface area contributed by atoms with E-state index < -0.39 is 0 Å². The molecule has 0 unspecified atom stereocenters. The predicted octanol–water partition coefficient (Wildman–Crippen LogP) is 4.62. The first-order chi connectivity index (χ1) is 16.6. The SMILES string of the molecule is COc1ccc(C2(CNC(=O)c3cccc(OCc4ccccc4C#N)c3)CCOCC2)cc1. The fourth-order valence-corrected chi connectivity index (χ4v) is 4.27. The van der Waals surface area contributed by atoms with E-state index in [1.807, 2.05) is 36.4 Å². The van der Waals surface area contributed by atoms with E-state index in [1.54, 1.807) is 31.4 Å². The van der Waals surface area contributed by atoms with Crippen molar-refractivity contribution in [1.29, 1.82) is 5.26 Å². The Morgan fingerprint density at radius 2 is 1.79 bits per heavy atom. The molecule has 174 valence electrons. The van der Waals surface area contributed by atoms with Crippen molar-refractivity contribution in [2.24, 2.45) is 0 Å². The number of carbonyl (C=O) groups excluding carboxylic acids is 1. The number of nitrogens with one attached hydrogen (secondary N) is 1. The van der Waals surface area contributed by atoms with Crippen LogP contribution < -0.4 is 14.8 Å². The minimum absolute atomic E-state index is 0.151. The number of nitrogens with zero attached hydrogens (tertiary/aromatic N) is 1. The van der Waals surface area contributed by atoms with Crippen molar-refractivity contribution in [3.63, 3.8) is 0 Å². The van der Waals surface area contributed by atoms with E-state index in [2.05, 4.69) is 23.5 Å². The molecule has 1 heterocycles. The van der Waals surface area contributed by atoms with Gasteiger partial charge in [-0.3, -0.25) is 4.79 Å². The smallest absolute Gasteiger partial charge is 0.251 e. The van der Waals surface area contributed by atoms with Gasteiger partial charge < -0.3 is 19.5 Å². The van der Waals surface area contributed by atoms with Crippen LogP contribution >= 0.6 is 0 Å². The molecule has 1 amide bonds. The monoisotopic (exact) mass is 456 g/mol. The van der Waals surface area contributed by atoms with Gasteiger partial charge in [0, 0.05) is 36.3 Å². The Bertz CT molecular complexity index is 1160. The molecule has 1 aliphatic rings. The predicted molar refractivity (Wildman–Crippen MR) is 129 cm³/mol. The number of methoxy groups -OCH3 is 1. The topological polar surface area (TPSA) is 80.6 Å². The largest absolute Gasteiger partial charge is 0.497 e. The molecule has 1 aliphatic heterocycles. The summed E-state index contributed by atoms with van der Waals surface area (Å²) >= 11 is 0. The van der Waals surface area contributed by atoms with Gasteiger partial charge in [0.25, 0.3) is 5.91 Å². The van der Waals surface area contributed by atoms with E-state index in [9.17, 15) is 10.1 Å². The first-order valence-electron chi connectivity index (χ1n) is 11.3. The molecular weight excluding hydrogens is 428 g/mol. The molecule has 4 rings (SSSR count). The highest BCUT2D eigenvalue weighted by Gasteiger charge is 2.35. The molecule has 1 saturated heterocycles. The summed E-state index contributed by atoms with van der Waals surface area (Å²) in [6.45, 7) is 2.10. The number of benzene rings is 3. The van der Waals surface area contributed by atoms with Crippen LogP contribution in [-0.2, 0) is 16.8 Å². The lowest BCUT2D eigenvalue weighted by molar-refractivity contribution is 0.0487. The molecule has 0 saturated carbocycles. The van der Waals surface area contributed by atoms with Gasteiger partial charge in [-0.15, -0.1) is 0 Å². The van der Waals surface area contributed by atoms with Gasteiger partial charge in [0.2, 0.25) is 0 Å². The molecule has 0 bridgehead atoms. The van der Waals surface area contributed by atoms with Gasteiger partial charge in [0.15, 0.2) is 0 Å². The molecule has 0 aromatic heterocycles. The van der Waals surface area contributed by atoms with Crippen molar-refractivity contribution >= 4 is 5.91 Å². The molecule has 34 heavy (non-hydrogen) atoms. The normalized spacial score (nSPS) is 14.6. The van der Waals surface area contributed by atoms with E-state index >= 15 is 0 Å². The molecule has 3 aromatic carbocycles. The lowest BCUT2D eigenvalue weighted by Gasteiger charge is -2.38. The molecule has 0 aliphatic carbocycles. The summed E-state index contributed by atoms with van der Waals surface area (Å²) in [6, 6.07) is 24.7. The summed E-state index contributed by atoms with van der Waals surface area (Å²) in [5.41, 5.74) is 2.90. The average molecular weight is 457 g/mol. The molecule has 0 spiro atoms. The van der Waals surface area contributed by atoms with Gasteiger partial charge >= 0.3 is 0 Å². The lowest BCUT2D eigenvalue weighted by Crippen LogP contribution is -2.44. The Morgan fingerprint density at radius 3 is 2.53 bits per heavy atom. The Morgan fingerprint density at radius 1 is 1.03 bits per heavy atom. The maximum absolute atomic E-state index is 13.0. The third-order valence-electron chi connectivity index (χ3n) is 6.37. The van der Waals surface area contributed by atoms with Gasteiger partial charge in [-0.1, -0.05) is 36.4 Å². The molecule has 6 nitrogen and oxygen atoms in total. The highest BCUT2D eigenvalue weighted by Crippen LogP contribution is 2.35. The molecule has 0 atom stereocenters. The van der Waals surface area contributed by atoms with Gasteiger partial charge in [0.1, 0.15) is 18.1 Å². The zero-order chi connectivity index (χ0) is 23.8. The molecule has 3 aromatic rings. The minimum atomic E-state index is -0.185. The zero-order valence-electron chi connectivity index (χ0n) is 19.3. The summed E-state index contributed by atoms with van der Waals surface area (Å²) in [7, 11) is 1.65. The van der Waals surface area contributed by atoms with Crippen LogP contribution in [0.4, 0.5) is 0 Å². The second-order valence-corrected chi connectivity index (χ2v) is 8.39. The van der Waals surface area contributed by atoms with Crippen LogP contribution in [0.5, 0.6) is 11.5 Å². The van der Waals surface area contributed by atoms with E-state index in [-0.39, 0.29) is 17.9 Å². The van der Waals surface area contributed by atoms with Crippen molar-refractivity contribution in [3.05, 3.63) is 95.1 Å². The fraction of sp³-hybridized carbons (Fsp3) is 0.286. The Kier molecular flexibility index (Phi) is 7.46. The number of nitriles is 1. The number of amides is 1. The van der Waals surface area contributed by atoms with Crippen LogP contribution in [0.15, 0.2) is 72.8 Å². The maximum Gasteiger partial charge on any atom is 0.251 e. The molecule has 1 N–H and O–H groups in total. The van der Waals surface area contributed by atoms with Crippen LogP contribution in [0.1, 0.15) is 39.9 Å². The lowest BCUT2D eigenvalue weighted by atomic mass is 9.74. The van der Waals surface area contributed by atoms with Crippen molar-refractivity contribution in [2.75, 3.05) is 26.9 Å². The Labute approximate surface area is 200 Å². The van der Waals surface area contributed by atoms with E-state index in [0.717, 1.165) is 24.2 Å². The van der Waals surface area contributed by atoms with E-state index in [1.165, 1.54) is 5.56 Å². The van der Waals surface area contributed by atoms with Crippen molar-refractivity contribution in [3.8, 4) is 17.6 Å². The van der Waals surface area contributed by atoms with Crippen LogP contribution in [0, 0.1) is 11.3 Å². The summed E-state index contributed by atoms with van der Waals surface area (Å²) in [5, 5.41) is 12.4. The number of carbonyl (C=O) groups is 1. The molecule has 1 fully saturated rings. The number of rotatable bonds is 8. The minimum Gasteiger partial charge on any atom is -0.497 e. The van der Waals surface area contributed by atoms with Gasteiger partial charge in [-0.2, -0.15) is 5.26 Å². The number of hydrogen-bond donors (Lipinski definition) is 1. The first kappa shape index (κ1) is 23.3. The third-order valence-corrected chi connectivity index (χ3v) is 6.37. The van der Waals surface area contributed by atoms with Crippen molar-refractivity contribution < 1.29 is 19.0 Å². The molecular formula is C28H28N2O4. The zero-order valence-corrected chi connectivity index (χ0v) is 19.3. The third kappa shape index (κ3) is 5.38. The molecule has 6 heteroatoms. The second-order valence-electron chi connectivity index (χ2n) is 8.39. The number of hydrogen-bond acceptors (Lipinski definition) is 5. The second kappa shape index (κ2) is 10.9. The average Bonchev–Trinajstić information content (AvgIpc) is 2.91. The first-order valence-corrected chi connectivity index (χ1v) is 11.3. The standard InChI is InChI=1S/C28H28N2O4/c1-32-25-11-9-24(10-12-25)28(13-15-33-16-14-28)20-30-27(31)21-7-4-8-26(17-21)34-19-23-6-3-2-5-22(23)18-29/h2-12,17H,13-16,19-20H2,1H3,(H,30,31). The van der Waals surface area contributed by atoms with Crippen LogP contribution in [-0.4, -0.2) is 32.8 Å². The van der Waals surface area contributed by atoms with Crippen LogP contribution in [0.25, 0.3) is 0 Å². The fourth-order valence-electron chi connectivity index (χ4n) is 4.27. The highest BCUT2D eigenvalue weighted by atomic mass is 16.5. The summed E-state index contributed by atoms with van der Waals surface area (Å²) in [6.07, 6.45) is 1.67. The van der Waals surface area contributed by atoms with Crippen LogP contribution in [0.2, 0.25) is 0 Å². The quantitative estimate of drug-likeness (QED) is 0.535. The van der Waals surface area contributed by atoms with E-state index in [0.29, 0.717) is 36.6 Å². The summed E-state index contributed by atoms with van der Waals surface area (Å²) < 4.78 is 16.8. The summed E-state index contributed by atoms with van der Waals surface area (Å²) in [5.74, 6) is 1.24. The Balaban J connectivity index is 1.43. The molecule has 0 radical (unpaired) electrons. The van der Waals surface area contributed by atoms with Gasteiger partial charge in [-0.05, 0) is 54.8 Å². The van der Waals surface area contributed by atoms with Crippen molar-refractivity contribution in [1.82, 2.24) is 5.32 Å². The van der Waals surface area contributed by atoms with Crippen LogP contribution in [0.3, 0.4) is 0 Å².